The molecule has 2 atom stereocenters. The number of carbonyl (C=O) groups excluding carboxylic acids is 2. The molecule has 1 aliphatic carbocycles. The lowest BCUT2D eigenvalue weighted by atomic mass is 9.81. The van der Waals surface area contributed by atoms with Gasteiger partial charge >= 0.3 is 0 Å². The van der Waals surface area contributed by atoms with Crippen molar-refractivity contribution in [2.75, 3.05) is 4.90 Å². The van der Waals surface area contributed by atoms with Crippen molar-refractivity contribution in [3.63, 3.8) is 0 Å². The SMILES string of the molecule is O=C1[C@H]2CCCC[C@H]2C(=O)N1c1ccn(Cc2cccc(F)c2)n1. The first-order valence-corrected chi connectivity index (χ1v) is 8.29. The minimum Gasteiger partial charge on any atom is -0.274 e. The van der Waals surface area contributed by atoms with Crippen molar-refractivity contribution in [2.45, 2.75) is 32.2 Å². The van der Waals surface area contributed by atoms with E-state index >= 15 is 0 Å². The van der Waals surface area contributed by atoms with Crippen LogP contribution in [-0.2, 0) is 16.1 Å². The third-order valence-electron chi connectivity index (χ3n) is 4.93. The van der Waals surface area contributed by atoms with Gasteiger partial charge in [0.2, 0.25) is 11.8 Å². The number of benzene rings is 1. The predicted molar refractivity (Wildman–Crippen MR) is 85.7 cm³/mol. The Morgan fingerprint density at radius 2 is 1.79 bits per heavy atom. The lowest BCUT2D eigenvalue weighted by Crippen LogP contribution is -2.31. The largest absolute Gasteiger partial charge is 0.274 e. The van der Waals surface area contributed by atoms with E-state index in [-0.39, 0.29) is 29.5 Å². The number of anilines is 1. The lowest BCUT2D eigenvalue weighted by Gasteiger charge is -2.19. The minimum atomic E-state index is -0.297. The maximum Gasteiger partial charge on any atom is 0.238 e. The average molecular weight is 327 g/mol. The second-order valence-electron chi connectivity index (χ2n) is 6.51. The van der Waals surface area contributed by atoms with Crippen LogP contribution in [0.5, 0.6) is 0 Å². The zero-order valence-electron chi connectivity index (χ0n) is 13.2. The van der Waals surface area contributed by atoms with E-state index in [1.807, 2.05) is 6.07 Å². The van der Waals surface area contributed by atoms with E-state index in [2.05, 4.69) is 5.10 Å². The molecule has 5 nitrogen and oxygen atoms in total. The van der Waals surface area contributed by atoms with Crippen LogP contribution in [0, 0.1) is 17.7 Å². The first kappa shape index (κ1) is 15.1. The lowest BCUT2D eigenvalue weighted by molar-refractivity contribution is -0.122. The van der Waals surface area contributed by atoms with Crippen molar-refractivity contribution in [3.8, 4) is 0 Å². The smallest absolute Gasteiger partial charge is 0.238 e. The van der Waals surface area contributed by atoms with Crippen molar-refractivity contribution >= 4 is 17.6 Å². The van der Waals surface area contributed by atoms with Crippen LogP contribution in [0.1, 0.15) is 31.2 Å². The van der Waals surface area contributed by atoms with E-state index < -0.39 is 0 Å². The van der Waals surface area contributed by atoms with E-state index in [0.29, 0.717) is 12.4 Å². The molecule has 0 unspecified atom stereocenters. The molecule has 1 aromatic carbocycles. The van der Waals surface area contributed by atoms with Crippen molar-refractivity contribution in [1.29, 1.82) is 0 Å². The van der Waals surface area contributed by atoms with Crippen molar-refractivity contribution in [3.05, 3.63) is 47.9 Å². The molecule has 0 bridgehead atoms. The van der Waals surface area contributed by atoms with Crippen LogP contribution in [0.3, 0.4) is 0 Å². The molecule has 1 saturated carbocycles. The number of hydrogen-bond donors (Lipinski definition) is 0. The second-order valence-corrected chi connectivity index (χ2v) is 6.51. The molecule has 0 radical (unpaired) electrons. The Morgan fingerprint density at radius 3 is 2.46 bits per heavy atom. The topological polar surface area (TPSA) is 55.2 Å². The molecule has 124 valence electrons. The number of halogens is 1. The van der Waals surface area contributed by atoms with Gasteiger partial charge in [0, 0.05) is 12.3 Å². The summed E-state index contributed by atoms with van der Waals surface area (Å²) in [5, 5.41) is 4.35. The van der Waals surface area contributed by atoms with Gasteiger partial charge in [-0.05, 0) is 30.5 Å². The Morgan fingerprint density at radius 1 is 1.08 bits per heavy atom. The number of fused-ring (bicyclic) bond motifs is 1. The van der Waals surface area contributed by atoms with Gasteiger partial charge in [0.25, 0.3) is 0 Å². The second kappa shape index (κ2) is 5.85. The molecule has 4 rings (SSSR count). The van der Waals surface area contributed by atoms with E-state index in [0.717, 1.165) is 31.2 Å². The fourth-order valence-corrected chi connectivity index (χ4v) is 3.77. The Kier molecular flexibility index (Phi) is 3.67. The molecule has 1 aromatic heterocycles. The number of amides is 2. The monoisotopic (exact) mass is 327 g/mol. The summed E-state index contributed by atoms with van der Waals surface area (Å²) in [4.78, 5) is 26.4. The molecule has 2 aromatic rings. The van der Waals surface area contributed by atoms with Crippen molar-refractivity contribution in [2.24, 2.45) is 11.8 Å². The van der Waals surface area contributed by atoms with Gasteiger partial charge in [-0.25, -0.2) is 9.29 Å². The fourth-order valence-electron chi connectivity index (χ4n) is 3.77. The molecule has 1 saturated heterocycles. The van der Waals surface area contributed by atoms with E-state index in [4.69, 9.17) is 0 Å². The maximum absolute atomic E-state index is 13.3. The highest BCUT2D eigenvalue weighted by atomic mass is 19.1. The van der Waals surface area contributed by atoms with Crippen molar-refractivity contribution < 1.29 is 14.0 Å². The molecule has 2 heterocycles. The Hall–Kier alpha value is -2.50. The standard InChI is InChI=1S/C18H18FN3O2/c19-13-5-3-4-12(10-13)11-21-9-8-16(20-21)22-17(23)14-6-1-2-7-15(14)18(22)24/h3-5,8-10,14-15H,1-2,6-7,11H2/t14-,15+. The molecule has 1 aliphatic heterocycles. The molecule has 24 heavy (non-hydrogen) atoms. The fraction of sp³-hybridized carbons (Fsp3) is 0.389. The quantitative estimate of drug-likeness (QED) is 0.815. The van der Waals surface area contributed by atoms with Gasteiger partial charge in [0.15, 0.2) is 5.82 Å². The highest BCUT2D eigenvalue weighted by molar-refractivity contribution is 6.21. The van der Waals surface area contributed by atoms with Crippen LogP contribution >= 0.6 is 0 Å². The number of nitrogens with zero attached hydrogens (tertiary/aromatic N) is 3. The van der Waals surface area contributed by atoms with Crippen LogP contribution < -0.4 is 4.90 Å². The van der Waals surface area contributed by atoms with E-state index in [1.165, 1.54) is 17.0 Å². The Labute approximate surface area is 139 Å². The molecule has 2 amide bonds. The molecular formula is C18H18FN3O2. The highest BCUT2D eigenvalue weighted by Gasteiger charge is 2.49. The molecular weight excluding hydrogens is 309 g/mol. The summed E-state index contributed by atoms with van der Waals surface area (Å²) < 4.78 is 14.9. The van der Waals surface area contributed by atoms with Crippen LogP contribution in [0.4, 0.5) is 10.2 Å². The summed E-state index contributed by atoms with van der Waals surface area (Å²) in [5.74, 6) is -0.537. The number of carbonyl (C=O) groups is 2. The Bertz CT molecular complexity index is 777. The summed E-state index contributed by atoms with van der Waals surface area (Å²) in [6.45, 7) is 0.390. The first-order valence-electron chi connectivity index (χ1n) is 8.29. The van der Waals surface area contributed by atoms with Crippen molar-refractivity contribution in [1.82, 2.24) is 9.78 Å². The molecule has 0 spiro atoms. The summed E-state index contributed by atoms with van der Waals surface area (Å²) >= 11 is 0. The first-order chi connectivity index (χ1) is 11.6. The molecule has 6 heteroatoms. The van der Waals surface area contributed by atoms with Gasteiger partial charge in [-0.3, -0.25) is 14.3 Å². The van der Waals surface area contributed by atoms with Gasteiger partial charge < -0.3 is 0 Å². The summed E-state index contributed by atoms with van der Waals surface area (Å²) in [7, 11) is 0. The number of rotatable bonds is 3. The van der Waals surface area contributed by atoms with Gasteiger partial charge in [0.05, 0.1) is 18.4 Å². The average Bonchev–Trinajstić information content (AvgIpc) is 3.11. The number of aromatic nitrogens is 2. The van der Waals surface area contributed by atoms with Crippen LogP contribution in [0.2, 0.25) is 0 Å². The number of hydrogen-bond acceptors (Lipinski definition) is 3. The van der Waals surface area contributed by atoms with E-state index in [9.17, 15) is 14.0 Å². The third kappa shape index (κ3) is 2.52. The summed E-state index contributed by atoms with van der Waals surface area (Å²) in [5.41, 5.74) is 0.775. The van der Waals surface area contributed by atoms with Gasteiger partial charge in [-0.2, -0.15) is 5.10 Å². The van der Waals surface area contributed by atoms with Crippen LogP contribution in [0.25, 0.3) is 0 Å². The molecule has 2 fully saturated rings. The third-order valence-corrected chi connectivity index (χ3v) is 4.93. The summed E-state index contributed by atoms with van der Waals surface area (Å²) in [6, 6.07) is 7.97. The Balaban J connectivity index is 1.56. The van der Waals surface area contributed by atoms with Gasteiger partial charge in [-0.15, -0.1) is 0 Å². The minimum absolute atomic E-state index is 0.124. The predicted octanol–water partition coefficient (Wildman–Crippen LogP) is 2.75. The number of imide groups is 1. The summed E-state index contributed by atoms with van der Waals surface area (Å²) in [6.07, 6.45) is 5.29. The zero-order valence-corrected chi connectivity index (χ0v) is 13.2. The highest BCUT2D eigenvalue weighted by Crippen LogP contribution is 2.39. The molecule has 2 aliphatic rings. The van der Waals surface area contributed by atoms with Crippen LogP contribution in [0.15, 0.2) is 36.5 Å². The van der Waals surface area contributed by atoms with Gasteiger partial charge in [0.1, 0.15) is 5.82 Å². The van der Waals surface area contributed by atoms with Crippen LogP contribution in [-0.4, -0.2) is 21.6 Å². The molecule has 0 N–H and O–H groups in total. The maximum atomic E-state index is 13.3. The van der Waals surface area contributed by atoms with E-state index in [1.54, 1.807) is 23.0 Å². The normalized spacial score (nSPS) is 23.6. The zero-order chi connectivity index (χ0) is 16.7. The van der Waals surface area contributed by atoms with Gasteiger partial charge in [-0.1, -0.05) is 25.0 Å².